The quantitative estimate of drug-likeness (QED) is 0.794. The zero-order valence-electron chi connectivity index (χ0n) is 10.6. The minimum absolute atomic E-state index is 0.184. The van der Waals surface area contributed by atoms with Gasteiger partial charge < -0.3 is 9.87 Å². The van der Waals surface area contributed by atoms with Crippen LogP contribution in [0.2, 0.25) is 0 Å². The van der Waals surface area contributed by atoms with Crippen LogP contribution in [-0.4, -0.2) is 26.1 Å². The van der Waals surface area contributed by atoms with E-state index in [0.29, 0.717) is 0 Å². The van der Waals surface area contributed by atoms with Crippen molar-refractivity contribution in [2.45, 2.75) is 17.7 Å². The highest BCUT2D eigenvalue weighted by atomic mass is 32.2. The molecule has 1 aliphatic heterocycles. The first kappa shape index (κ1) is 14.0. The Morgan fingerprint density at radius 3 is 2.11 bits per heavy atom. The molecule has 2 N–H and O–H groups in total. The van der Waals surface area contributed by atoms with Crippen molar-refractivity contribution in [1.82, 2.24) is 0 Å². The highest BCUT2D eigenvalue weighted by Gasteiger charge is 2.01. The summed E-state index contributed by atoms with van der Waals surface area (Å²) in [5.41, 5.74) is 0. The summed E-state index contributed by atoms with van der Waals surface area (Å²) in [7, 11) is -4.34. The summed E-state index contributed by atoms with van der Waals surface area (Å²) in [5, 5.41) is 4.03. The molecule has 1 aliphatic rings. The number of quaternary nitrogens is 1. The molecule has 0 aromatic heterocycles. The standard InChI is InChI=1S/C10H8O3S.C4H9N/c11-14(12,13)10-6-5-8-3-1-2-4-9(8)7-10;1-2-4-5-3-1/h1-7H,(H,11,12,13);5H,1-4H2. The summed E-state index contributed by atoms with van der Waals surface area (Å²) in [5.74, 6) is 0. The van der Waals surface area contributed by atoms with E-state index in [4.69, 9.17) is 0 Å². The largest absolute Gasteiger partial charge is 0.744 e. The van der Waals surface area contributed by atoms with E-state index in [2.05, 4.69) is 5.32 Å². The first-order valence-electron chi connectivity index (χ1n) is 6.34. The van der Waals surface area contributed by atoms with Crippen molar-refractivity contribution < 1.29 is 18.3 Å². The molecule has 2 aromatic carbocycles. The van der Waals surface area contributed by atoms with E-state index in [0.717, 1.165) is 10.8 Å². The predicted molar refractivity (Wildman–Crippen MR) is 72.8 cm³/mol. The van der Waals surface area contributed by atoms with Crippen LogP contribution >= 0.6 is 0 Å². The molecule has 0 atom stereocenters. The highest BCUT2D eigenvalue weighted by Crippen LogP contribution is 2.18. The zero-order valence-corrected chi connectivity index (χ0v) is 11.4. The van der Waals surface area contributed by atoms with Crippen LogP contribution in [0, 0.1) is 0 Å². The fraction of sp³-hybridized carbons (Fsp3) is 0.286. The van der Waals surface area contributed by atoms with Crippen LogP contribution in [0.15, 0.2) is 47.4 Å². The van der Waals surface area contributed by atoms with Gasteiger partial charge in [0, 0.05) is 12.8 Å². The van der Waals surface area contributed by atoms with E-state index in [9.17, 15) is 13.0 Å². The lowest BCUT2D eigenvalue weighted by Crippen LogP contribution is -2.80. The molecule has 0 aliphatic carbocycles. The van der Waals surface area contributed by atoms with Gasteiger partial charge in [-0.1, -0.05) is 30.3 Å². The maximum Gasteiger partial charge on any atom is 0.124 e. The van der Waals surface area contributed by atoms with E-state index < -0.39 is 10.1 Å². The van der Waals surface area contributed by atoms with Crippen LogP contribution < -0.4 is 5.32 Å². The maximum absolute atomic E-state index is 10.7. The molecule has 2 aromatic rings. The molecular weight excluding hydrogens is 262 g/mol. The summed E-state index contributed by atoms with van der Waals surface area (Å²) < 4.78 is 32.2. The molecule has 0 amide bonds. The molecular formula is C14H17NO3S. The Balaban J connectivity index is 0.000000224. The van der Waals surface area contributed by atoms with Gasteiger partial charge in [-0.3, -0.25) is 0 Å². The van der Waals surface area contributed by atoms with E-state index >= 15 is 0 Å². The van der Waals surface area contributed by atoms with E-state index in [1.54, 1.807) is 18.2 Å². The third-order valence-corrected chi connectivity index (χ3v) is 3.91. The topological polar surface area (TPSA) is 73.8 Å². The highest BCUT2D eigenvalue weighted by molar-refractivity contribution is 7.85. The van der Waals surface area contributed by atoms with Gasteiger partial charge in [0.25, 0.3) is 0 Å². The molecule has 3 rings (SSSR count). The molecule has 19 heavy (non-hydrogen) atoms. The van der Waals surface area contributed by atoms with Crippen LogP contribution in [-0.2, 0) is 10.1 Å². The van der Waals surface area contributed by atoms with Crippen LogP contribution in [0.5, 0.6) is 0 Å². The molecule has 0 saturated carbocycles. The van der Waals surface area contributed by atoms with Crippen LogP contribution in [0.4, 0.5) is 0 Å². The molecule has 5 heteroatoms. The fourth-order valence-electron chi connectivity index (χ4n) is 2.04. The smallest absolute Gasteiger partial charge is 0.124 e. The third kappa shape index (κ3) is 4.02. The Hall–Kier alpha value is -1.43. The number of nitrogens with two attached hydrogens (primary N) is 1. The molecule has 1 heterocycles. The summed E-state index contributed by atoms with van der Waals surface area (Å²) in [6.07, 6.45) is 2.89. The summed E-state index contributed by atoms with van der Waals surface area (Å²) in [4.78, 5) is -0.184. The van der Waals surface area contributed by atoms with Crippen molar-refractivity contribution in [2.75, 3.05) is 13.1 Å². The lowest BCUT2D eigenvalue weighted by atomic mass is 10.1. The monoisotopic (exact) mass is 279 g/mol. The van der Waals surface area contributed by atoms with Gasteiger partial charge in [0.15, 0.2) is 0 Å². The van der Waals surface area contributed by atoms with Gasteiger partial charge in [0.2, 0.25) is 0 Å². The Bertz CT molecular complexity index is 641. The minimum Gasteiger partial charge on any atom is -0.744 e. The Labute approximate surface area is 113 Å². The van der Waals surface area contributed by atoms with Gasteiger partial charge in [0.05, 0.1) is 18.0 Å². The summed E-state index contributed by atoms with van der Waals surface area (Å²) >= 11 is 0. The van der Waals surface area contributed by atoms with Crippen molar-refractivity contribution in [3.05, 3.63) is 42.5 Å². The summed E-state index contributed by atoms with van der Waals surface area (Å²) in [6.45, 7) is 2.75. The van der Waals surface area contributed by atoms with Gasteiger partial charge in [-0.05, 0) is 22.9 Å². The first-order valence-corrected chi connectivity index (χ1v) is 7.74. The lowest BCUT2D eigenvalue weighted by Gasteiger charge is -2.07. The van der Waals surface area contributed by atoms with Crippen molar-refractivity contribution >= 4 is 20.9 Å². The molecule has 4 nitrogen and oxygen atoms in total. The number of rotatable bonds is 1. The van der Waals surface area contributed by atoms with E-state index in [1.807, 2.05) is 12.1 Å². The Kier molecular flexibility index (Phi) is 4.52. The van der Waals surface area contributed by atoms with Crippen molar-refractivity contribution in [1.29, 1.82) is 0 Å². The zero-order chi connectivity index (χ0) is 13.7. The molecule has 1 saturated heterocycles. The minimum atomic E-state index is -4.34. The van der Waals surface area contributed by atoms with Gasteiger partial charge in [-0.2, -0.15) is 0 Å². The van der Waals surface area contributed by atoms with Gasteiger partial charge in [-0.25, -0.2) is 8.42 Å². The average molecular weight is 279 g/mol. The normalized spacial score (nSPS) is 15.0. The fourth-order valence-corrected chi connectivity index (χ4v) is 2.55. The second kappa shape index (κ2) is 6.14. The molecule has 1 fully saturated rings. The van der Waals surface area contributed by atoms with Gasteiger partial charge in [0.1, 0.15) is 10.1 Å². The van der Waals surface area contributed by atoms with Crippen molar-refractivity contribution in [3.8, 4) is 0 Å². The second-order valence-corrected chi connectivity index (χ2v) is 5.92. The third-order valence-electron chi connectivity index (χ3n) is 3.08. The predicted octanol–water partition coefficient (Wildman–Crippen LogP) is 1.09. The lowest BCUT2D eigenvalue weighted by molar-refractivity contribution is -0.635. The Morgan fingerprint density at radius 2 is 1.58 bits per heavy atom. The molecule has 0 unspecified atom stereocenters. The molecule has 0 bridgehead atoms. The Morgan fingerprint density at radius 1 is 0.947 bits per heavy atom. The number of hydrogen-bond donors (Lipinski definition) is 1. The number of benzene rings is 2. The molecule has 0 spiro atoms. The average Bonchev–Trinajstić information content (AvgIpc) is 2.96. The molecule has 102 valence electrons. The number of hydrogen-bond acceptors (Lipinski definition) is 3. The first-order chi connectivity index (χ1) is 9.07. The van der Waals surface area contributed by atoms with Crippen LogP contribution in [0.3, 0.4) is 0 Å². The second-order valence-electron chi connectivity index (χ2n) is 4.54. The number of fused-ring (bicyclic) bond motifs is 1. The maximum atomic E-state index is 10.7. The van der Waals surface area contributed by atoms with Crippen LogP contribution in [0.25, 0.3) is 10.8 Å². The van der Waals surface area contributed by atoms with Gasteiger partial charge >= 0.3 is 0 Å². The summed E-state index contributed by atoms with van der Waals surface area (Å²) in [6, 6.07) is 11.6. The molecule has 0 radical (unpaired) electrons. The van der Waals surface area contributed by atoms with Crippen LogP contribution in [0.1, 0.15) is 12.8 Å². The van der Waals surface area contributed by atoms with Gasteiger partial charge in [-0.15, -0.1) is 0 Å². The van der Waals surface area contributed by atoms with E-state index in [-0.39, 0.29) is 4.90 Å². The van der Waals surface area contributed by atoms with Crippen molar-refractivity contribution in [2.24, 2.45) is 0 Å². The SMILES string of the molecule is C1CC[NH2+]C1.O=S(=O)([O-])c1ccc2ccccc2c1. The van der Waals surface area contributed by atoms with E-state index in [1.165, 1.54) is 38.1 Å². The van der Waals surface area contributed by atoms with Crippen molar-refractivity contribution in [3.63, 3.8) is 0 Å².